The number of carbonyl (C=O) groups excluding carboxylic acids is 1. The fourth-order valence-electron chi connectivity index (χ4n) is 2.52. The first-order valence-corrected chi connectivity index (χ1v) is 10.2. The molecule has 4 aromatic rings. The average molecular weight is 476 g/mol. The third-order valence-electron chi connectivity index (χ3n) is 3.80. The van der Waals surface area contributed by atoms with Crippen LogP contribution in [0.4, 0.5) is 5.13 Å². The minimum atomic E-state index is -0.271. The molecule has 7 nitrogen and oxygen atoms in total. The maximum Gasteiger partial charge on any atom is 0.248 e. The van der Waals surface area contributed by atoms with E-state index in [0.29, 0.717) is 16.0 Å². The van der Waals surface area contributed by atoms with E-state index in [0.717, 1.165) is 21.3 Å². The molecule has 0 unspecified atom stereocenters. The highest BCUT2D eigenvalue weighted by Gasteiger charge is 2.14. The Balaban J connectivity index is 1.46. The van der Waals surface area contributed by atoms with Crippen LogP contribution < -0.4 is 5.32 Å². The van der Waals surface area contributed by atoms with Crippen LogP contribution in [0.2, 0.25) is 5.02 Å². The molecule has 0 fully saturated rings. The highest BCUT2D eigenvalue weighted by atomic mass is 79.9. The molecule has 0 aliphatic carbocycles. The van der Waals surface area contributed by atoms with E-state index in [1.165, 1.54) is 16.0 Å². The van der Waals surface area contributed by atoms with Crippen molar-refractivity contribution in [2.45, 2.75) is 6.54 Å². The Kier molecular flexibility index (Phi) is 5.47. The van der Waals surface area contributed by atoms with E-state index < -0.39 is 0 Å². The monoisotopic (exact) mass is 474 g/mol. The van der Waals surface area contributed by atoms with Crippen molar-refractivity contribution in [2.75, 3.05) is 5.32 Å². The van der Waals surface area contributed by atoms with Crippen molar-refractivity contribution in [1.29, 1.82) is 0 Å². The molecule has 28 heavy (non-hydrogen) atoms. The van der Waals surface area contributed by atoms with Crippen LogP contribution in [0.15, 0.2) is 58.4 Å². The van der Waals surface area contributed by atoms with Crippen LogP contribution in [0.5, 0.6) is 0 Å². The van der Waals surface area contributed by atoms with Crippen LogP contribution in [-0.4, -0.2) is 31.1 Å². The number of hydrogen-bond donors (Lipinski definition) is 1. The highest BCUT2D eigenvalue weighted by Crippen LogP contribution is 2.26. The fourth-order valence-corrected chi connectivity index (χ4v) is 3.72. The van der Waals surface area contributed by atoms with Crippen molar-refractivity contribution >= 4 is 49.9 Å². The summed E-state index contributed by atoms with van der Waals surface area (Å²) < 4.78 is 2.42. The zero-order chi connectivity index (χ0) is 19.5. The Hall–Kier alpha value is -2.62. The summed E-state index contributed by atoms with van der Waals surface area (Å²) in [6.07, 6.45) is 0. The third-order valence-corrected chi connectivity index (χ3v) is 5.32. The number of tetrazole rings is 1. The zero-order valence-electron chi connectivity index (χ0n) is 14.2. The zero-order valence-corrected chi connectivity index (χ0v) is 17.4. The first kappa shape index (κ1) is 18.7. The van der Waals surface area contributed by atoms with E-state index in [-0.39, 0.29) is 12.5 Å². The van der Waals surface area contributed by atoms with Crippen LogP contribution in [0.1, 0.15) is 0 Å². The van der Waals surface area contributed by atoms with Crippen LogP contribution in [0, 0.1) is 0 Å². The quantitative estimate of drug-likeness (QED) is 0.459. The van der Waals surface area contributed by atoms with Crippen molar-refractivity contribution in [2.24, 2.45) is 0 Å². The number of nitrogens with one attached hydrogen (secondary N) is 1. The summed E-state index contributed by atoms with van der Waals surface area (Å²) in [6, 6.07) is 15.0. The lowest BCUT2D eigenvalue weighted by molar-refractivity contribution is -0.116. The number of hydrogen-bond acceptors (Lipinski definition) is 6. The van der Waals surface area contributed by atoms with E-state index in [2.05, 4.69) is 41.8 Å². The summed E-state index contributed by atoms with van der Waals surface area (Å²) in [5, 5.41) is 17.3. The Morgan fingerprint density at radius 3 is 2.79 bits per heavy atom. The number of nitrogens with zero attached hydrogens (tertiary/aromatic N) is 5. The van der Waals surface area contributed by atoms with E-state index in [1.54, 1.807) is 18.2 Å². The molecule has 0 spiro atoms. The van der Waals surface area contributed by atoms with E-state index in [1.807, 2.05) is 35.7 Å². The van der Waals surface area contributed by atoms with Gasteiger partial charge >= 0.3 is 0 Å². The maximum atomic E-state index is 12.4. The summed E-state index contributed by atoms with van der Waals surface area (Å²) in [5.41, 5.74) is 2.51. The molecule has 1 N–H and O–H groups in total. The number of aromatic nitrogens is 5. The van der Waals surface area contributed by atoms with Crippen molar-refractivity contribution in [1.82, 2.24) is 25.2 Å². The first-order chi connectivity index (χ1) is 13.6. The molecule has 2 heterocycles. The molecule has 0 aliphatic heterocycles. The van der Waals surface area contributed by atoms with E-state index >= 15 is 0 Å². The average Bonchev–Trinajstić information content (AvgIpc) is 3.32. The van der Waals surface area contributed by atoms with Crippen molar-refractivity contribution in [3.63, 3.8) is 0 Å². The van der Waals surface area contributed by atoms with Gasteiger partial charge in [0.25, 0.3) is 0 Å². The number of thiazole rings is 1. The normalized spacial score (nSPS) is 10.8. The lowest BCUT2D eigenvalue weighted by Crippen LogP contribution is -2.20. The first-order valence-electron chi connectivity index (χ1n) is 8.12. The Labute approximate surface area is 177 Å². The maximum absolute atomic E-state index is 12.4. The lowest BCUT2D eigenvalue weighted by Gasteiger charge is -2.05. The molecule has 2 aromatic carbocycles. The second kappa shape index (κ2) is 8.17. The van der Waals surface area contributed by atoms with Gasteiger partial charge in [-0.3, -0.25) is 4.79 Å². The van der Waals surface area contributed by atoms with Gasteiger partial charge in [-0.15, -0.1) is 16.4 Å². The molecule has 0 saturated heterocycles. The number of halogens is 2. The Bertz CT molecular complexity index is 1130. The van der Waals surface area contributed by atoms with Crippen LogP contribution in [-0.2, 0) is 11.3 Å². The molecule has 10 heteroatoms. The standard InChI is InChI=1S/C18H12BrClN6OS/c19-13-6-4-11(5-7-13)15-10-28-18(21-15)22-16(27)9-26-17(23-24-25-26)12-2-1-3-14(20)8-12/h1-8,10H,9H2,(H,21,22,27). The number of carbonyl (C=O) groups is 1. The minimum Gasteiger partial charge on any atom is -0.300 e. The van der Waals surface area contributed by atoms with Gasteiger partial charge in [0.2, 0.25) is 5.91 Å². The van der Waals surface area contributed by atoms with Gasteiger partial charge < -0.3 is 5.32 Å². The third kappa shape index (κ3) is 4.27. The molecule has 140 valence electrons. The predicted molar refractivity (Wildman–Crippen MR) is 112 cm³/mol. The topological polar surface area (TPSA) is 85.6 Å². The molecule has 0 bridgehead atoms. The molecule has 1 amide bonds. The van der Waals surface area contributed by atoms with Crippen LogP contribution in [0.25, 0.3) is 22.6 Å². The molecule has 0 aliphatic rings. The Morgan fingerprint density at radius 2 is 2.00 bits per heavy atom. The number of rotatable bonds is 5. The smallest absolute Gasteiger partial charge is 0.248 e. The van der Waals surface area contributed by atoms with Gasteiger partial charge in [0.15, 0.2) is 11.0 Å². The molecule has 0 radical (unpaired) electrons. The molecular formula is C18H12BrClN6OS. The van der Waals surface area contributed by atoms with Gasteiger partial charge in [0.05, 0.1) is 5.69 Å². The molecule has 0 saturated carbocycles. The summed E-state index contributed by atoms with van der Waals surface area (Å²) in [4.78, 5) is 16.9. The van der Waals surface area contributed by atoms with Crippen molar-refractivity contribution in [3.05, 3.63) is 63.4 Å². The molecule has 2 aromatic heterocycles. The van der Waals surface area contributed by atoms with E-state index in [4.69, 9.17) is 11.6 Å². The van der Waals surface area contributed by atoms with Crippen molar-refractivity contribution < 1.29 is 4.79 Å². The lowest BCUT2D eigenvalue weighted by atomic mass is 10.2. The minimum absolute atomic E-state index is 0.0396. The predicted octanol–water partition coefficient (Wildman–Crippen LogP) is 4.52. The van der Waals surface area contributed by atoms with Crippen LogP contribution >= 0.6 is 38.9 Å². The summed E-state index contributed by atoms with van der Waals surface area (Å²) in [7, 11) is 0. The molecule has 4 rings (SSSR count). The van der Waals surface area contributed by atoms with Gasteiger partial charge in [0, 0.05) is 26.0 Å². The fraction of sp³-hybridized carbons (Fsp3) is 0.0556. The number of anilines is 1. The Morgan fingerprint density at radius 1 is 1.18 bits per heavy atom. The molecule has 0 atom stereocenters. The van der Waals surface area contributed by atoms with Gasteiger partial charge in [-0.2, -0.15) is 0 Å². The van der Waals surface area contributed by atoms with E-state index in [9.17, 15) is 4.79 Å². The number of amides is 1. The largest absolute Gasteiger partial charge is 0.300 e. The van der Waals surface area contributed by atoms with Gasteiger partial charge in [0.1, 0.15) is 6.54 Å². The van der Waals surface area contributed by atoms with Gasteiger partial charge in [-0.05, 0) is 34.7 Å². The second-order valence-corrected chi connectivity index (χ2v) is 7.97. The molecular weight excluding hydrogens is 464 g/mol. The highest BCUT2D eigenvalue weighted by molar-refractivity contribution is 9.10. The number of benzene rings is 2. The van der Waals surface area contributed by atoms with Crippen LogP contribution in [0.3, 0.4) is 0 Å². The summed E-state index contributed by atoms with van der Waals surface area (Å²) >= 11 is 10.8. The summed E-state index contributed by atoms with van der Waals surface area (Å²) in [6.45, 7) is -0.0396. The second-order valence-electron chi connectivity index (χ2n) is 5.76. The summed E-state index contributed by atoms with van der Waals surface area (Å²) in [5.74, 6) is 0.194. The van der Waals surface area contributed by atoms with Gasteiger partial charge in [-0.1, -0.05) is 51.8 Å². The van der Waals surface area contributed by atoms with Crippen molar-refractivity contribution in [3.8, 4) is 22.6 Å². The van der Waals surface area contributed by atoms with Gasteiger partial charge in [-0.25, -0.2) is 9.67 Å². The SMILES string of the molecule is O=C(Cn1nnnc1-c1cccc(Cl)c1)Nc1nc(-c2ccc(Br)cc2)cs1.